The summed E-state index contributed by atoms with van der Waals surface area (Å²) in [5.41, 5.74) is 0.821. The Balaban J connectivity index is 1.61. The Morgan fingerprint density at radius 2 is 1.84 bits per heavy atom. The van der Waals surface area contributed by atoms with Crippen LogP contribution in [0.5, 0.6) is 11.5 Å². The maximum atomic E-state index is 13.8. The average Bonchev–Trinajstić information content (AvgIpc) is 3.44. The number of aromatic nitrogens is 2. The highest BCUT2D eigenvalue weighted by Crippen LogP contribution is 2.34. The van der Waals surface area contributed by atoms with Crippen LogP contribution in [-0.2, 0) is 16.6 Å². The van der Waals surface area contributed by atoms with Gasteiger partial charge in [0, 0.05) is 22.0 Å². The summed E-state index contributed by atoms with van der Waals surface area (Å²) in [5.74, 6) is 0.577. The molecule has 1 N–H and O–H groups in total. The van der Waals surface area contributed by atoms with Crippen molar-refractivity contribution in [3.05, 3.63) is 104 Å². The van der Waals surface area contributed by atoms with Gasteiger partial charge in [0.2, 0.25) is 0 Å². The van der Waals surface area contributed by atoms with Gasteiger partial charge in [0.05, 0.1) is 34.8 Å². The van der Waals surface area contributed by atoms with Crippen LogP contribution in [-0.4, -0.2) is 30.4 Å². The molecule has 0 amide bonds. The van der Waals surface area contributed by atoms with Crippen LogP contribution in [0.4, 0.5) is 5.82 Å². The van der Waals surface area contributed by atoms with E-state index in [9.17, 15) is 18.3 Å². The third kappa shape index (κ3) is 4.75. The molecule has 5 rings (SSSR count). The molecule has 0 fully saturated rings. The van der Waals surface area contributed by atoms with Crippen LogP contribution in [0.15, 0.2) is 97.7 Å². The summed E-state index contributed by atoms with van der Waals surface area (Å²) in [5, 5.41) is 15.1. The highest BCUT2D eigenvalue weighted by Gasteiger charge is 2.28. The predicted molar refractivity (Wildman–Crippen MR) is 147 cm³/mol. The van der Waals surface area contributed by atoms with Gasteiger partial charge in [-0.1, -0.05) is 28.9 Å². The molecule has 0 unspecified atom stereocenters. The fraction of sp³-hybridized carbons (Fsp3) is 0.0769. The van der Waals surface area contributed by atoms with E-state index in [0.29, 0.717) is 31.7 Å². The van der Waals surface area contributed by atoms with Gasteiger partial charge in [0.25, 0.3) is 15.6 Å². The van der Waals surface area contributed by atoms with E-state index in [1.807, 2.05) is 0 Å². The Kier molecular flexibility index (Phi) is 6.91. The quantitative estimate of drug-likeness (QED) is 0.257. The number of ether oxygens (including phenoxy) is 1. The minimum atomic E-state index is -4.12. The maximum absolute atomic E-state index is 13.8. The van der Waals surface area contributed by atoms with Gasteiger partial charge in [-0.05, 0) is 70.0 Å². The molecule has 194 valence electrons. The highest BCUT2D eigenvalue weighted by molar-refractivity contribution is 9.10. The lowest BCUT2D eigenvalue weighted by molar-refractivity contribution is 0.414. The fourth-order valence-corrected chi connectivity index (χ4v) is 5.90. The molecule has 0 bridgehead atoms. The number of halogens is 2. The van der Waals surface area contributed by atoms with E-state index < -0.39 is 15.6 Å². The van der Waals surface area contributed by atoms with Gasteiger partial charge in [0.15, 0.2) is 5.82 Å². The molecule has 9 nitrogen and oxygen atoms in total. The Morgan fingerprint density at radius 3 is 2.53 bits per heavy atom. The number of benzene rings is 3. The summed E-state index contributed by atoms with van der Waals surface area (Å²) < 4.78 is 40.7. The molecule has 0 spiro atoms. The van der Waals surface area contributed by atoms with E-state index in [1.54, 1.807) is 31.4 Å². The number of hydrogen-bond acceptors (Lipinski definition) is 7. The molecule has 0 radical (unpaired) electrons. The first-order valence-electron chi connectivity index (χ1n) is 11.1. The van der Waals surface area contributed by atoms with E-state index in [-0.39, 0.29) is 28.7 Å². The zero-order valence-corrected chi connectivity index (χ0v) is 22.9. The zero-order chi connectivity index (χ0) is 27.0. The Bertz CT molecular complexity index is 1810. The van der Waals surface area contributed by atoms with Gasteiger partial charge in [-0.15, -0.1) is 0 Å². The molecule has 3 aromatic carbocycles. The van der Waals surface area contributed by atoms with Gasteiger partial charge < -0.3 is 14.4 Å². The monoisotopic (exact) mass is 615 g/mol. The van der Waals surface area contributed by atoms with Crippen LogP contribution >= 0.6 is 27.5 Å². The Hall–Kier alpha value is -3.80. The second kappa shape index (κ2) is 10.2. The van der Waals surface area contributed by atoms with Crippen molar-refractivity contribution < 1.29 is 22.8 Å². The van der Waals surface area contributed by atoms with Crippen LogP contribution in [0.25, 0.3) is 16.6 Å². The predicted octanol–water partition coefficient (Wildman–Crippen LogP) is 5.50. The smallest absolute Gasteiger partial charge is 0.265 e. The number of hydrogen-bond donors (Lipinski definition) is 1. The van der Waals surface area contributed by atoms with Crippen molar-refractivity contribution in [3.63, 3.8) is 0 Å². The Morgan fingerprint density at radius 1 is 1.08 bits per heavy atom. The molecule has 0 atom stereocenters. The van der Waals surface area contributed by atoms with Crippen molar-refractivity contribution in [2.75, 3.05) is 11.4 Å². The number of sulfonamides is 1. The first-order chi connectivity index (χ1) is 18.2. The lowest BCUT2D eigenvalue weighted by Crippen LogP contribution is -2.31. The number of rotatable bonds is 7. The number of methoxy groups -OCH3 is 1. The summed E-state index contributed by atoms with van der Waals surface area (Å²) in [6.07, 6.45) is 1.29. The number of pyridine rings is 1. The standard InChI is InChI=1S/C26H19BrClN3O6S/c1-36-18-5-2-16(3-6-18)15-30(25-10-11-37-29-25)38(34,35)19-7-8-22-17(12-19)4-9-26(33)31(22)23-14-21(28)20(27)13-24(23)32/h2-14,32H,15H2,1H3. The van der Waals surface area contributed by atoms with Crippen LogP contribution in [0, 0.1) is 0 Å². The van der Waals surface area contributed by atoms with Crippen LogP contribution < -0.4 is 14.6 Å². The second-order valence-electron chi connectivity index (χ2n) is 8.20. The van der Waals surface area contributed by atoms with E-state index >= 15 is 0 Å². The molecule has 2 aromatic heterocycles. The van der Waals surface area contributed by atoms with Crippen molar-refractivity contribution in [2.45, 2.75) is 11.4 Å². The van der Waals surface area contributed by atoms with Crippen molar-refractivity contribution in [1.29, 1.82) is 0 Å². The fourth-order valence-electron chi connectivity index (χ4n) is 3.99. The first kappa shape index (κ1) is 25.8. The minimum absolute atomic E-state index is 0.0122. The van der Waals surface area contributed by atoms with Gasteiger partial charge in [-0.2, -0.15) is 0 Å². The molecule has 0 saturated carbocycles. The molecular formula is C26H19BrClN3O6S. The minimum Gasteiger partial charge on any atom is -0.506 e. The molecule has 0 saturated heterocycles. The molecule has 0 aliphatic heterocycles. The van der Waals surface area contributed by atoms with Crippen molar-refractivity contribution in [1.82, 2.24) is 9.72 Å². The van der Waals surface area contributed by atoms with Crippen LogP contribution in [0.2, 0.25) is 5.02 Å². The summed E-state index contributed by atoms with van der Waals surface area (Å²) in [6.45, 7) is -0.0122. The summed E-state index contributed by atoms with van der Waals surface area (Å²) >= 11 is 9.46. The van der Waals surface area contributed by atoms with Crippen molar-refractivity contribution in [2.24, 2.45) is 0 Å². The number of anilines is 1. The molecule has 0 aliphatic rings. The molecule has 2 heterocycles. The average molecular weight is 617 g/mol. The third-order valence-corrected chi connectivity index (χ3v) is 8.82. The normalized spacial score (nSPS) is 11.6. The lowest BCUT2D eigenvalue weighted by atomic mass is 10.2. The van der Waals surface area contributed by atoms with Crippen molar-refractivity contribution in [3.8, 4) is 17.2 Å². The molecule has 5 aromatic rings. The summed E-state index contributed by atoms with van der Waals surface area (Å²) in [4.78, 5) is 12.8. The summed E-state index contributed by atoms with van der Waals surface area (Å²) in [6, 6.07) is 18.5. The molecule has 12 heteroatoms. The number of aromatic hydroxyl groups is 1. The first-order valence-corrected chi connectivity index (χ1v) is 13.7. The number of phenolic OH excluding ortho intramolecular Hbond substituents is 1. The number of nitrogens with zero attached hydrogens (tertiary/aromatic N) is 3. The molecule has 0 aliphatic carbocycles. The Labute approximate surface area is 230 Å². The van der Waals surface area contributed by atoms with E-state index in [0.717, 1.165) is 4.31 Å². The van der Waals surface area contributed by atoms with E-state index in [1.165, 1.54) is 59.4 Å². The van der Waals surface area contributed by atoms with E-state index in [4.69, 9.17) is 20.9 Å². The topological polar surface area (TPSA) is 115 Å². The summed E-state index contributed by atoms with van der Waals surface area (Å²) in [7, 11) is -2.57. The zero-order valence-electron chi connectivity index (χ0n) is 19.7. The van der Waals surface area contributed by atoms with Crippen LogP contribution in [0.3, 0.4) is 0 Å². The molecule has 38 heavy (non-hydrogen) atoms. The van der Waals surface area contributed by atoms with E-state index in [2.05, 4.69) is 21.1 Å². The largest absolute Gasteiger partial charge is 0.506 e. The van der Waals surface area contributed by atoms with Gasteiger partial charge in [-0.25, -0.2) is 12.7 Å². The van der Waals surface area contributed by atoms with Crippen LogP contribution in [0.1, 0.15) is 5.56 Å². The SMILES string of the molecule is COc1ccc(CN(c2ccon2)S(=O)(=O)c2ccc3c(ccc(=O)n3-c3cc(Cl)c(Br)cc3O)c2)cc1. The van der Waals surface area contributed by atoms with Gasteiger partial charge in [-0.3, -0.25) is 9.36 Å². The lowest BCUT2D eigenvalue weighted by Gasteiger charge is -2.22. The second-order valence-corrected chi connectivity index (χ2v) is 11.3. The molecular weight excluding hydrogens is 598 g/mol. The highest BCUT2D eigenvalue weighted by atomic mass is 79.9. The number of phenols is 1. The maximum Gasteiger partial charge on any atom is 0.265 e. The van der Waals surface area contributed by atoms with Gasteiger partial charge >= 0.3 is 0 Å². The third-order valence-electron chi connectivity index (χ3n) is 5.88. The van der Waals surface area contributed by atoms with Gasteiger partial charge in [0.1, 0.15) is 17.8 Å². The number of fused-ring (bicyclic) bond motifs is 1. The van der Waals surface area contributed by atoms with Crippen molar-refractivity contribution >= 4 is 54.3 Å².